The SMILES string of the molecule is COCCOCCOCCOc1ccc2c3c1O[C@H]1[C@@]4(OC)CC[C@@]5(C[C@@H]4COCc4ccccc4)C(C2)N(CC2CC2)CC[C@]315. The van der Waals surface area contributed by atoms with Gasteiger partial charge in [-0.15, -0.1) is 0 Å². The molecule has 4 bridgehead atoms. The summed E-state index contributed by atoms with van der Waals surface area (Å²) in [5.74, 6) is 2.97. The average Bonchev–Trinajstić information content (AvgIpc) is 3.83. The van der Waals surface area contributed by atoms with E-state index in [9.17, 15) is 0 Å². The van der Waals surface area contributed by atoms with E-state index in [1.165, 1.54) is 42.5 Å². The zero-order chi connectivity index (χ0) is 31.2. The van der Waals surface area contributed by atoms with Crippen molar-refractivity contribution in [1.29, 1.82) is 0 Å². The van der Waals surface area contributed by atoms with Crippen LogP contribution in [-0.4, -0.2) is 96.2 Å². The second-order valence-corrected chi connectivity index (χ2v) is 14.6. The van der Waals surface area contributed by atoms with Crippen LogP contribution in [0.15, 0.2) is 42.5 Å². The van der Waals surface area contributed by atoms with Crippen molar-refractivity contribution >= 4 is 0 Å². The van der Waals surface area contributed by atoms with E-state index in [1.54, 1.807) is 7.11 Å². The molecule has 5 aliphatic carbocycles. The van der Waals surface area contributed by atoms with Crippen LogP contribution < -0.4 is 9.47 Å². The highest BCUT2D eigenvalue weighted by atomic mass is 16.6. The van der Waals surface area contributed by atoms with E-state index in [4.69, 9.17) is 33.2 Å². The molecular weight excluding hydrogens is 582 g/mol. The quantitative estimate of drug-likeness (QED) is 0.221. The standard InChI is InChI=1S/C38H51NO7/c1-40-16-17-42-18-19-43-20-21-45-31-11-10-29-22-32-36-12-13-38(41-2,30(23-36)26-44-25-28-6-4-3-5-7-28)35-37(36,33(29)34(31)46-35)14-15-39(32)24-27-8-9-27/h3-7,10-11,27,30,32,35H,8-9,12-26H2,1-2H3/t30-,32?,35-,36-,37+,38-/m1/s1. The van der Waals surface area contributed by atoms with Gasteiger partial charge in [-0.2, -0.15) is 0 Å². The molecule has 1 unspecified atom stereocenters. The van der Waals surface area contributed by atoms with Crippen LogP contribution in [0.3, 0.4) is 0 Å². The van der Waals surface area contributed by atoms with Crippen LogP contribution in [0.1, 0.15) is 55.2 Å². The summed E-state index contributed by atoms with van der Waals surface area (Å²) in [5.41, 5.74) is 3.82. The molecule has 0 aromatic heterocycles. The highest BCUT2D eigenvalue weighted by molar-refractivity contribution is 5.63. The van der Waals surface area contributed by atoms with E-state index >= 15 is 0 Å². The highest BCUT2D eigenvalue weighted by Gasteiger charge is 2.80. The molecule has 6 atom stereocenters. The van der Waals surface area contributed by atoms with E-state index < -0.39 is 5.60 Å². The number of hydrogen-bond donors (Lipinski definition) is 0. The number of rotatable bonds is 17. The topological polar surface area (TPSA) is 67.9 Å². The largest absolute Gasteiger partial charge is 0.487 e. The number of ether oxygens (including phenoxy) is 7. The molecule has 9 rings (SSSR count). The molecule has 2 spiro atoms. The first-order chi connectivity index (χ1) is 22.6. The third-order valence-electron chi connectivity index (χ3n) is 12.5. The molecule has 250 valence electrons. The fourth-order valence-corrected chi connectivity index (χ4v) is 10.4. The van der Waals surface area contributed by atoms with Crippen molar-refractivity contribution in [1.82, 2.24) is 4.90 Å². The van der Waals surface area contributed by atoms with Gasteiger partial charge in [0.25, 0.3) is 0 Å². The van der Waals surface area contributed by atoms with E-state index in [0.29, 0.717) is 58.9 Å². The van der Waals surface area contributed by atoms with Gasteiger partial charge < -0.3 is 33.2 Å². The zero-order valence-electron chi connectivity index (χ0n) is 27.7. The van der Waals surface area contributed by atoms with Crippen LogP contribution in [0.5, 0.6) is 11.5 Å². The van der Waals surface area contributed by atoms with Crippen molar-refractivity contribution in [2.45, 2.75) is 74.7 Å². The summed E-state index contributed by atoms with van der Waals surface area (Å²) in [6.45, 7) is 6.95. The Kier molecular flexibility index (Phi) is 8.57. The highest BCUT2D eigenvalue weighted by Crippen LogP contribution is 2.76. The molecule has 5 fully saturated rings. The Bertz CT molecular complexity index is 1370. The molecule has 7 aliphatic rings. The molecule has 0 radical (unpaired) electrons. The van der Waals surface area contributed by atoms with Crippen LogP contribution >= 0.6 is 0 Å². The monoisotopic (exact) mass is 633 g/mol. The normalized spacial score (nSPS) is 33.6. The minimum absolute atomic E-state index is 0.0392. The molecule has 2 aliphatic heterocycles. The number of methoxy groups -OCH3 is 2. The van der Waals surface area contributed by atoms with Gasteiger partial charge in [-0.05, 0) is 74.6 Å². The van der Waals surface area contributed by atoms with Crippen molar-refractivity contribution in [3.63, 3.8) is 0 Å². The molecule has 0 amide bonds. The second-order valence-electron chi connectivity index (χ2n) is 14.6. The van der Waals surface area contributed by atoms with Crippen LogP contribution in [0.2, 0.25) is 0 Å². The number of benzene rings is 2. The lowest BCUT2D eigenvalue weighted by Gasteiger charge is -2.74. The van der Waals surface area contributed by atoms with Gasteiger partial charge >= 0.3 is 0 Å². The van der Waals surface area contributed by atoms with E-state index in [0.717, 1.165) is 49.6 Å². The summed E-state index contributed by atoms with van der Waals surface area (Å²) in [6.07, 6.45) is 8.29. The van der Waals surface area contributed by atoms with Crippen molar-refractivity contribution in [3.05, 3.63) is 59.2 Å². The van der Waals surface area contributed by atoms with Gasteiger partial charge in [0.2, 0.25) is 0 Å². The first-order valence-electron chi connectivity index (χ1n) is 17.7. The third kappa shape index (κ3) is 4.93. The van der Waals surface area contributed by atoms with E-state index in [1.807, 2.05) is 7.11 Å². The molecule has 2 aromatic rings. The summed E-state index contributed by atoms with van der Waals surface area (Å²) >= 11 is 0. The van der Waals surface area contributed by atoms with Gasteiger partial charge in [0.05, 0.1) is 46.2 Å². The van der Waals surface area contributed by atoms with Gasteiger partial charge in [-0.25, -0.2) is 0 Å². The number of nitrogens with zero attached hydrogens (tertiary/aromatic N) is 1. The molecular formula is C38H51NO7. The molecule has 0 N–H and O–H groups in total. The predicted octanol–water partition coefficient (Wildman–Crippen LogP) is 5.19. The molecule has 8 nitrogen and oxygen atoms in total. The summed E-state index contributed by atoms with van der Waals surface area (Å²) in [7, 11) is 3.60. The molecule has 46 heavy (non-hydrogen) atoms. The number of piperidine rings is 1. The van der Waals surface area contributed by atoms with Crippen molar-refractivity contribution < 1.29 is 33.2 Å². The van der Waals surface area contributed by atoms with E-state index in [-0.39, 0.29) is 22.9 Å². The summed E-state index contributed by atoms with van der Waals surface area (Å²) < 4.78 is 43.3. The lowest BCUT2D eigenvalue weighted by Crippen LogP contribution is -2.81. The van der Waals surface area contributed by atoms with Gasteiger partial charge in [-0.1, -0.05) is 36.4 Å². The fourth-order valence-electron chi connectivity index (χ4n) is 10.4. The van der Waals surface area contributed by atoms with Crippen LogP contribution in [0, 0.1) is 17.3 Å². The predicted molar refractivity (Wildman–Crippen MR) is 174 cm³/mol. The molecule has 2 heterocycles. The first-order valence-corrected chi connectivity index (χ1v) is 17.7. The lowest BCUT2D eigenvalue weighted by molar-refractivity contribution is -0.283. The van der Waals surface area contributed by atoms with Crippen molar-refractivity contribution in [2.75, 3.05) is 73.6 Å². The molecule has 4 saturated carbocycles. The summed E-state index contributed by atoms with van der Waals surface area (Å²) in [5, 5.41) is 0. The van der Waals surface area contributed by atoms with Crippen LogP contribution in [-0.2, 0) is 42.1 Å². The van der Waals surface area contributed by atoms with Crippen molar-refractivity contribution in [2.24, 2.45) is 17.3 Å². The maximum atomic E-state index is 7.29. The summed E-state index contributed by atoms with van der Waals surface area (Å²) in [6, 6.07) is 15.6. The lowest BCUT2D eigenvalue weighted by atomic mass is 9.35. The Morgan fingerprint density at radius 3 is 2.46 bits per heavy atom. The Labute approximate surface area is 273 Å². The maximum absolute atomic E-state index is 7.29. The fraction of sp³-hybridized carbons (Fsp3) is 0.684. The average molecular weight is 634 g/mol. The van der Waals surface area contributed by atoms with Crippen LogP contribution in [0.25, 0.3) is 0 Å². The Morgan fingerprint density at radius 1 is 0.870 bits per heavy atom. The number of fused-ring (bicyclic) bond motifs is 2. The number of likely N-dealkylation sites (tertiary alicyclic amines) is 1. The first kappa shape index (κ1) is 31.1. The summed E-state index contributed by atoms with van der Waals surface area (Å²) in [4.78, 5) is 2.90. The smallest absolute Gasteiger partial charge is 0.165 e. The number of hydrogen-bond acceptors (Lipinski definition) is 8. The second kappa shape index (κ2) is 12.7. The minimum Gasteiger partial charge on any atom is -0.487 e. The Morgan fingerprint density at radius 2 is 1.67 bits per heavy atom. The Balaban J connectivity index is 1.07. The molecule has 2 aromatic carbocycles. The van der Waals surface area contributed by atoms with Crippen molar-refractivity contribution in [3.8, 4) is 11.5 Å². The molecule has 1 saturated heterocycles. The third-order valence-corrected chi connectivity index (χ3v) is 12.5. The van der Waals surface area contributed by atoms with Crippen LogP contribution in [0.4, 0.5) is 0 Å². The van der Waals surface area contributed by atoms with Gasteiger partial charge in [-0.3, -0.25) is 4.90 Å². The molecule has 8 heteroatoms. The van der Waals surface area contributed by atoms with E-state index in [2.05, 4.69) is 47.4 Å². The minimum atomic E-state index is -0.390. The van der Waals surface area contributed by atoms with Gasteiger partial charge in [0.15, 0.2) is 11.5 Å². The Hall–Kier alpha value is -2.20. The zero-order valence-corrected chi connectivity index (χ0v) is 27.7. The van der Waals surface area contributed by atoms with Gasteiger partial charge in [0, 0.05) is 49.1 Å². The van der Waals surface area contributed by atoms with Gasteiger partial charge in [0.1, 0.15) is 18.3 Å². The maximum Gasteiger partial charge on any atom is 0.165 e.